The van der Waals surface area contributed by atoms with Crippen molar-refractivity contribution in [3.8, 4) is 5.88 Å². The predicted octanol–water partition coefficient (Wildman–Crippen LogP) is 3.71. The lowest BCUT2D eigenvalue weighted by atomic mass is 10.2. The molecule has 0 atom stereocenters. The van der Waals surface area contributed by atoms with Crippen molar-refractivity contribution in [2.45, 2.75) is 25.3 Å². The summed E-state index contributed by atoms with van der Waals surface area (Å²) in [4.78, 5) is 13.9. The van der Waals surface area contributed by atoms with Crippen molar-refractivity contribution in [1.29, 1.82) is 0 Å². The SMILES string of the molecule is COc1ccc2c(ncc3nc(C4CC4)n(Cc4cc[c]cc4)c32)n1. The minimum atomic E-state index is 0.559. The fourth-order valence-electron chi connectivity index (χ4n) is 3.34. The molecule has 1 aromatic carbocycles. The maximum absolute atomic E-state index is 5.24. The normalized spacial score (nSPS) is 14.3. The molecule has 0 N–H and O–H groups in total. The van der Waals surface area contributed by atoms with Crippen LogP contribution in [0.1, 0.15) is 30.1 Å². The van der Waals surface area contributed by atoms with Crippen LogP contribution in [0.3, 0.4) is 0 Å². The molecule has 5 rings (SSSR count). The zero-order valence-electron chi connectivity index (χ0n) is 13.9. The largest absolute Gasteiger partial charge is 0.481 e. The average molecular weight is 329 g/mol. The van der Waals surface area contributed by atoms with Gasteiger partial charge in [0.25, 0.3) is 0 Å². The molecule has 1 radical (unpaired) electrons. The molecule has 4 aromatic rings. The lowest BCUT2D eigenvalue weighted by molar-refractivity contribution is 0.399. The highest BCUT2D eigenvalue weighted by molar-refractivity contribution is 6.01. The Labute approximate surface area is 145 Å². The Bertz CT molecular complexity index is 1070. The lowest BCUT2D eigenvalue weighted by Crippen LogP contribution is -2.05. The molecule has 1 aliphatic carbocycles. The monoisotopic (exact) mass is 329 g/mol. The first kappa shape index (κ1) is 14.4. The Balaban J connectivity index is 1.76. The van der Waals surface area contributed by atoms with Gasteiger partial charge >= 0.3 is 0 Å². The third-order valence-electron chi connectivity index (χ3n) is 4.72. The van der Waals surface area contributed by atoms with Crippen LogP contribution in [0.15, 0.2) is 42.6 Å². The molecule has 1 aliphatic rings. The van der Waals surface area contributed by atoms with Crippen molar-refractivity contribution >= 4 is 22.1 Å². The maximum Gasteiger partial charge on any atom is 0.215 e. The number of benzene rings is 1. The van der Waals surface area contributed by atoms with Crippen LogP contribution in [0.5, 0.6) is 5.88 Å². The third-order valence-corrected chi connectivity index (χ3v) is 4.72. The number of nitrogens with zero attached hydrogens (tertiary/aromatic N) is 4. The molecule has 5 heteroatoms. The first-order chi connectivity index (χ1) is 12.3. The summed E-state index contributed by atoms with van der Waals surface area (Å²) in [6, 6.07) is 15.1. The Kier molecular flexibility index (Phi) is 3.20. The van der Waals surface area contributed by atoms with E-state index in [9.17, 15) is 0 Å². The number of pyridine rings is 2. The van der Waals surface area contributed by atoms with E-state index >= 15 is 0 Å². The molecule has 3 aromatic heterocycles. The van der Waals surface area contributed by atoms with E-state index in [1.165, 1.54) is 18.4 Å². The fourth-order valence-corrected chi connectivity index (χ4v) is 3.34. The minimum absolute atomic E-state index is 0.559. The number of ether oxygens (including phenoxy) is 1. The number of fused-ring (bicyclic) bond motifs is 3. The smallest absolute Gasteiger partial charge is 0.215 e. The number of imidazole rings is 1. The van der Waals surface area contributed by atoms with Gasteiger partial charge in [0.1, 0.15) is 11.3 Å². The van der Waals surface area contributed by atoms with E-state index in [0.717, 1.165) is 28.8 Å². The van der Waals surface area contributed by atoms with Crippen LogP contribution in [0.25, 0.3) is 22.1 Å². The molecule has 25 heavy (non-hydrogen) atoms. The van der Waals surface area contributed by atoms with Gasteiger partial charge in [-0.15, -0.1) is 0 Å². The lowest BCUT2D eigenvalue weighted by Gasteiger charge is -2.10. The van der Waals surface area contributed by atoms with Gasteiger partial charge < -0.3 is 9.30 Å². The van der Waals surface area contributed by atoms with Crippen molar-refractivity contribution in [1.82, 2.24) is 19.5 Å². The van der Waals surface area contributed by atoms with Gasteiger partial charge in [-0.25, -0.2) is 9.97 Å². The molecule has 0 bridgehead atoms. The summed E-state index contributed by atoms with van der Waals surface area (Å²) in [5, 5.41) is 1.01. The number of aromatic nitrogens is 4. The van der Waals surface area contributed by atoms with Crippen molar-refractivity contribution in [3.05, 3.63) is 60.0 Å². The van der Waals surface area contributed by atoms with E-state index in [2.05, 4.69) is 32.7 Å². The highest BCUT2D eigenvalue weighted by atomic mass is 16.5. The van der Waals surface area contributed by atoms with Crippen molar-refractivity contribution in [3.63, 3.8) is 0 Å². The zero-order valence-corrected chi connectivity index (χ0v) is 13.9. The fraction of sp³-hybridized carbons (Fsp3) is 0.250. The van der Waals surface area contributed by atoms with Crippen LogP contribution < -0.4 is 4.74 Å². The van der Waals surface area contributed by atoms with Crippen LogP contribution in [0.2, 0.25) is 0 Å². The summed E-state index contributed by atoms with van der Waals surface area (Å²) in [6.45, 7) is 0.794. The molecule has 123 valence electrons. The van der Waals surface area contributed by atoms with E-state index < -0.39 is 0 Å². The van der Waals surface area contributed by atoms with Crippen molar-refractivity contribution < 1.29 is 4.74 Å². The van der Waals surface area contributed by atoms with Crippen molar-refractivity contribution in [2.75, 3.05) is 7.11 Å². The molecular formula is C20H17N4O. The average Bonchev–Trinajstić information content (AvgIpc) is 3.44. The Morgan fingerprint density at radius 3 is 2.76 bits per heavy atom. The predicted molar refractivity (Wildman–Crippen MR) is 95.7 cm³/mol. The minimum Gasteiger partial charge on any atom is -0.481 e. The summed E-state index contributed by atoms with van der Waals surface area (Å²) in [5.41, 5.74) is 3.97. The highest BCUT2D eigenvalue weighted by Crippen LogP contribution is 2.41. The van der Waals surface area contributed by atoms with Gasteiger partial charge in [-0.05, 0) is 30.5 Å². The number of rotatable bonds is 4. The highest BCUT2D eigenvalue weighted by Gasteiger charge is 2.30. The maximum atomic E-state index is 5.24. The quantitative estimate of drug-likeness (QED) is 0.573. The second kappa shape index (κ2) is 5.55. The molecule has 0 spiro atoms. The first-order valence-corrected chi connectivity index (χ1v) is 8.48. The van der Waals surface area contributed by atoms with Gasteiger partial charge in [0.05, 0.1) is 18.8 Å². The molecule has 0 unspecified atom stereocenters. The number of methoxy groups -OCH3 is 1. The van der Waals surface area contributed by atoms with Gasteiger partial charge in [-0.2, -0.15) is 4.98 Å². The summed E-state index contributed by atoms with van der Waals surface area (Å²) >= 11 is 0. The van der Waals surface area contributed by atoms with Crippen LogP contribution in [-0.4, -0.2) is 26.6 Å². The molecule has 1 fully saturated rings. The van der Waals surface area contributed by atoms with Gasteiger partial charge in [0, 0.05) is 23.9 Å². The third kappa shape index (κ3) is 2.43. The molecule has 0 amide bonds. The van der Waals surface area contributed by atoms with Crippen LogP contribution in [0.4, 0.5) is 0 Å². The summed E-state index contributed by atoms with van der Waals surface area (Å²) < 4.78 is 7.57. The second-order valence-electron chi connectivity index (χ2n) is 6.46. The molecule has 0 saturated heterocycles. The molecule has 1 saturated carbocycles. The molecule has 0 aliphatic heterocycles. The summed E-state index contributed by atoms with van der Waals surface area (Å²) in [5.74, 6) is 2.29. The van der Waals surface area contributed by atoms with E-state index in [4.69, 9.17) is 9.72 Å². The van der Waals surface area contributed by atoms with Gasteiger partial charge in [-0.3, -0.25) is 0 Å². The second-order valence-corrected chi connectivity index (χ2v) is 6.46. The van der Waals surface area contributed by atoms with Crippen LogP contribution in [0, 0.1) is 6.07 Å². The van der Waals surface area contributed by atoms with E-state index in [1.807, 2.05) is 30.5 Å². The summed E-state index contributed by atoms with van der Waals surface area (Å²) in [7, 11) is 1.62. The van der Waals surface area contributed by atoms with E-state index in [0.29, 0.717) is 17.4 Å². The zero-order chi connectivity index (χ0) is 16.8. The molecule has 5 nitrogen and oxygen atoms in total. The Morgan fingerprint density at radius 1 is 1.16 bits per heavy atom. The Hall–Kier alpha value is -2.95. The first-order valence-electron chi connectivity index (χ1n) is 8.48. The van der Waals surface area contributed by atoms with Crippen LogP contribution >= 0.6 is 0 Å². The van der Waals surface area contributed by atoms with Gasteiger partial charge in [0.2, 0.25) is 5.88 Å². The molecule has 3 heterocycles. The van der Waals surface area contributed by atoms with Crippen molar-refractivity contribution in [2.24, 2.45) is 0 Å². The van der Waals surface area contributed by atoms with E-state index in [1.54, 1.807) is 7.11 Å². The molecular weight excluding hydrogens is 312 g/mol. The topological polar surface area (TPSA) is 52.8 Å². The standard InChI is InChI=1S/C20H17N4O/c1-25-17-10-9-15-18-16(11-21-19(15)23-17)22-20(14-7-8-14)24(18)12-13-5-3-2-4-6-13/h3-6,9-11,14H,7-8,12H2,1H3. The number of hydrogen-bond donors (Lipinski definition) is 0. The number of hydrogen-bond acceptors (Lipinski definition) is 4. The van der Waals surface area contributed by atoms with Gasteiger partial charge in [-0.1, -0.05) is 24.3 Å². The Morgan fingerprint density at radius 2 is 2.00 bits per heavy atom. The van der Waals surface area contributed by atoms with Gasteiger partial charge in [0.15, 0.2) is 5.65 Å². The van der Waals surface area contributed by atoms with Crippen LogP contribution in [-0.2, 0) is 6.54 Å². The summed E-state index contributed by atoms with van der Waals surface area (Å²) in [6.07, 6.45) is 4.25. The van der Waals surface area contributed by atoms with E-state index in [-0.39, 0.29) is 0 Å².